The second-order valence-electron chi connectivity index (χ2n) is 3.70. The third-order valence-corrected chi connectivity index (χ3v) is 3.14. The molecular weight excluding hydrogens is 216 g/mol. The minimum Gasteiger partial charge on any atom is -0.492 e. The number of hydrogen-bond acceptors (Lipinski definition) is 2. The van der Waals surface area contributed by atoms with E-state index in [1.165, 1.54) is 0 Å². The molecule has 3 nitrogen and oxygen atoms in total. The van der Waals surface area contributed by atoms with Gasteiger partial charge in [-0.15, -0.1) is 0 Å². The van der Waals surface area contributed by atoms with Gasteiger partial charge in [0.15, 0.2) is 0 Å². The van der Waals surface area contributed by atoms with Crippen molar-refractivity contribution in [3.63, 3.8) is 0 Å². The zero-order valence-corrected chi connectivity index (χ0v) is 8.99. The first-order valence-corrected chi connectivity index (χ1v) is 5.13. The fraction of sp³-hybridized carbons (Fsp3) is 0.364. The molecule has 1 N–H and O–H groups in total. The van der Waals surface area contributed by atoms with Crippen LogP contribution in [0.15, 0.2) is 18.2 Å². The zero-order valence-electron chi connectivity index (χ0n) is 8.24. The lowest BCUT2D eigenvalue weighted by atomic mass is 9.85. The molecule has 0 spiro atoms. The van der Waals surface area contributed by atoms with E-state index in [0.717, 1.165) is 5.56 Å². The number of hydrogen-bond donors (Lipinski definition) is 1. The predicted molar refractivity (Wildman–Crippen MR) is 56.5 cm³/mol. The van der Waals surface area contributed by atoms with E-state index in [2.05, 4.69) is 0 Å². The summed E-state index contributed by atoms with van der Waals surface area (Å²) >= 11 is 6.03. The molecule has 1 aliphatic rings. The molecular formula is C11H11ClO3. The van der Waals surface area contributed by atoms with Crippen molar-refractivity contribution in [2.45, 2.75) is 12.8 Å². The number of carboxylic acid groups (broad SMARTS) is 1. The lowest BCUT2D eigenvalue weighted by Crippen LogP contribution is -2.31. The van der Waals surface area contributed by atoms with Crippen LogP contribution in [0.5, 0.6) is 5.75 Å². The Bertz CT molecular complexity index is 403. The molecule has 80 valence electrons. The topological polar surface area (TPSA) is 46.5 Å². The van der Waals surface area contributed by atoms with E-state index in [4.69, 9.17) is 21.4 Å². The van der Waals surface area contributed by atoms with E-state index < -0.39 is 11.9 Å². The van der Waals surface area contributed by atoms with E-state index in [1.54, 1.807) is 12.1 Å². The van der Waals surface area contributed by atoms with E-state index >= 15 is 0 Å². The number of halogens is 1. The molecule has 2 unspecified atom stereocenters. The molecule has 0 aliphatic carbocycles. The summed E-state index contributed by atoms with van der Waals surface area (Å²) in [6.45, 7) is 2.08. The van der Waals surface area contributed by atoms with Crippen molar-refractivity contribution in [1.29, 1.82) is 0 Å². The maximum atomic E-state index is 11.0. The lowest BCUT2D eigenvalue weighted by Gasteiger charge is -2.29. The quantitative estimate of drug-likeness (QED) is 0.801. The van der Waals surface area contributed by atoms with Crippen molar-refractivity contribution in [3.8, 4) is 5.75 Å². The summed E-state index contributed by atoms with van der Waals surface area (Å²) in [5.41, 5.74) is 0.804. The molecule has 0 aromatic heterocycles. The van der Waals surface area contributed by atoms with Crippen LogP contribution >= 0.6 is 11.6 Å². The highest BCUT2D eigenvalue weighted by Crippen LogP contribution is 2.40. The Morgan fingerprint density at radius 1 is 1.60 bits per heavy atom. The summed E-state index contributed by atoms with van der Waals surface area (Å²) < 4.78 is 5.38. The SMILES string of the molecule is CC1c2c(Cl)cccc2OCC1C(=O)O. The van der Waals surface area contributed by atoms with Crippen molar-refractivity contribution >= 4 is 17.6 Å². The van der Waals surface area contributed by atoms with Crippen LogP contribution in [0.1, 0.15) is 18.4 Å². The zero-order chi connectivity index (χ0) is 11.0. The molecule has 0 fully saturated rings. The Kier molecular flexibility index (Phi) is 2.57. The van der Waals surface area contributed by atoms with Gasteiger partial charge in [0.2, 0.25) is 0 Å². The molecule has 15 heavy (non-hydrogen) atoms. The molecule has 0 bridgehead atoms. The molecule has 4 heteroatoms. The summed E-state index contributed by atoms with van der Waals surface area (Å²) in [6, 6.07) is 5.37. The third-order valence-electron chi connectivity index (χ3n) is 2.81. The molecule has 1 aromatic rings. The minimum atomic E-state index is -0.840. The minimum absolute atomic E-state index is 0.111. The van der Waals surface area contributed by atoms with Crippen LogP contribution in [-0.4, -0.2) is 17.7 Å². The van der Waals surface area contributed by atoms with Gasteiger partial charge < -0.3 is 9.84 Å². The molecule has 0 radical (unpaired) electrons. The van der Waals surface area contributed by atoms with Crippen molar-refractivity contribution in [1.82, 2.24) is 0 Å². The van der Waals surface area contributed by atoms with E-state index in [9.17, 15) is 4.79 Å². The second-order valence-corrected chi connectivity index (χ2v) is 4.10. The lowest BCUT2D eigenvalue weighted by molar-refractivity contribution is -0.144. The summed E-state index contributed by atoms with van der Waals surface area (Å²) in [7, 11) is 0. The summed E-state index contributed by atoms with van der Waals surface area (Å²) in [5, 5.41) is 9.58. The van der Waals surface area contributed by atoms with Crippen LogP contribution in [0.4, 0.5) is 0 Å². The van der Waals surface area contributed by atoms with Gasteiger partial charge in [-0.3, -0.25) is 4.79 Å². The predicted octanol–water partition coefficient (Wildman–Crippen LogP) is 2.54. The van der Waals surface area contributed by atoms with Gasteiger partial charge in [-0.1, -0.05) is 24.6 Å². The fourth-order valence-electron chi connectivity index (χ4n) is 1.90. The summed E-state index contributed by atoms with van der Waals surface area (Å²) in [6.07, 6.45) is 0. The normalized spacial score (nSPS) is 24.1. The van der Waals surface area contributed by atoms with E-state index in [-0.39, 0.29) is 12.5 Å². The first-order chi connectivity index (χ1) is 7.11. The Morgan fingerprint density at radius 2 is 2.33 bits per heavy atom. The number of fused-ring (bicyclic) bond motifs is 1. The average molecular weight is 227 g/mol. The van der Waals surface area contributed by atoms with Gasteiger partial charge in [-0.2, -0.15) is 0 Å². The number of rotatable bonds is 1. The van der Waals surface area contributed by atoms with Crippen LogP contribution in [0.2, 0.25) is 5.02 Å². The van der Waals surface area contributed by atoms with Gasteiger partial charge in [-0.25, -0.2) is 0 Å². The van der Waals surface area contributed by atoms with Gasteiger partial charge in [0.05, 0.1) is 5.92 Å². The summed E-state index contributed by atoms with van der Waals surface area (Å²) in [4.78, 5) is 11.0. The molecule has 0 saturated carbocycles. The van der Waals surface area contributed by atoms with Gasteiger partial charge >= 0.3 is 5.97 Å². The van der Waals surface area contributed by atoms with Gasteiger partial charge in [0.1, 0.15) is 12.4 Å². The first-order valence-electron chi connectivity index (χ1n) is 4.75. The highest BCUT2D eigenvalue weighted by molar-refractivity contribution is 6.31. The maximum absolute atomic E-state index is 11.0. The molecule has 0 saturated heterocycles. The van der Waals surface area contributed by atoms with Crippen molar-refractivity contribution in [2.24, 2.45) is 5.92 Å². The largest absolute Gasteiger partial charge is 0.492 e. The fourth-order valence-corrected chi connectivity index (χ4v) is 2.23. The monoisotopic (exact) mass is 226 g/mol. The average Bonchev–Trinajstić information content (AvgIpc) is 2.17. The van der Waals surface area contributed by atoms with Crippen LogP contribution in [0.3, 0.4) is 0 Å². The Hall–Kier alpha value is -1.22. The number of benzene rings is 1. The van der Waals surface area contributed by atoms with Crippen LogP contribution in [-0.2, 0) is 4.79 Å². The van der Waals surface area contributed by atoms with E-state index in [0.29, 0.717) is 10.8 Å². The highest BCUT2D eigenvalue weighted by atomic mass is 35.5. The van der Waals surface area contributed by atoms with Crippen molar-refractivity contribution < 1.29 is 14.6 Å². The molecule has 0 amide bonds. The number of ether oxygens (including phenoxy) is 1. The Labute approximate surface area is 92.6 Å². The van der Waals surface area contributed by atoms with Gasteiger partial charge in [-0.05, 0) is 12.1 Å². The van der Waals surface area contributed by atoms with E-state index in [1.807, 2.05) is 13.0 Å². The van der Waals surface area contributed by atoms with Crippen LogP contribution < -0.4 is 4.74 Å². The van der Waals surface area contributed by atoms with Crippen molar-refractivity contribution in [2.75, 3.05) is 6.61 Å². The van der Waals surface area contributed by atoms with Crippen molar-refractivity contribution in [3.05, 3.63) is 28.8 Å². The Morgan fingerprint density at radius 3 is 3.00 bits per heavy atom. The number of aliphatic carboxylic acids is 1. The molecule has 1 aromatic carbocycles. The third kappa shape index (κ3) is 1.67. The molecule has 1 heterocycles. The number of carboxylic acids is 1. The standard InChI is InChI=1S/C11H11ClO3/c1-6-7(11(13)14)5-15-9-4-2-3-8(12)10(6)9/h2-4,6-7H,5H2,1H3,(H,13,14). The smallest absolute Gasteiger partial charge is 0.310 e. The maximum Gasteiger partial charge on any atom is 0.310 e. The molecule has 2 rings (SSSR count). The van der Waals surface area contributed by atoms with Gasteiger partial charge in [0, 0.05) is 16.5 Å². The number of carbonyl (C=O) groups is 1. The highest BCUT2D eigenvalue weighted by Gasteiger charge is 2.34. The second kappa shape index (κ2) is 3.74. The molecule has 1 aliphatic heterocycles. The first kappa shape index (κ1) is 10.3. The molecule has 2 atom stereocenters. The summed E-state index contributed by atoms with van der Waals surface area (Å²) in [5.74, 6) is -0.766. The van der Waals surface area contributed by atoms with Gasteiger partial charge in [0.25, 0.3) is 0 Å². The Balaban J connectivity index is 2.45. The van der Waals surface area contributed by atoms with Crippen LogP contribution in [0.25, 0.3) is 0 Å². The van der Waals surface area contributed by atoms with Crippen LogP contribution in [0, 0.1) is 5.92 Å².